The summed E-state index contributed by atoms with van der Waals surface area (Å²) in [4.78, 5) is 24.9. The summed E-state index contributed by atoms with van der Waals surface area (Å²) in [6, 6.07) is 9.34. The van der Waals surface area contributed by atoms with Crippen molar-refractivity contribution in [3.8, 4) is 11.5 Å². The Labute approximate surface area is 184 Å². The van der Waals surface area contributed by atoms with Gasteiger partial charge in [-0.2, -0.15) is 0 Å². The number of rotatable bonds is 10. The van der Waals surface area contributed by atoms with E-state index in [4.69, 9.17) is 37.8 Å². The Morgan fingerprint density at radius 1 is 1.17 bits per heavy atom. The fourth-order valence-electron chi connectivity index (χ4n) is 2.71. The minimum Gasteiger partial charge on any atom is -0.505 e. The lowest BCUT2D eigenvalue weighted by Gasteiger charge is -2.18. The first-order valence-corrected chi connectivity index (χ1v) is 10.0. The molecule has 0 bridgehead atoms. The Morgan fingerprint density at radius 2 is 1.87 bits per heavy atom. The summed E-state index contributed by atoms with van der Waals surface area (Å²) in [7, 11) is 1.22. The molecule has 0 fully saturated rings. The number of phenols is 1. The van der Waals surface area contributed by atoms with Crippen LogP contribution in [0.4, 0.5) is 0 Å². The fraction of sp³-hybridized carbons (Fsp3) is 0.333. The van der Waals surface area contributed by atoms with Gasteiger partial charge in [-0.3, -0.25) is 4.79 Å². The first-order valence-electron chi connectivity index (χ1n) is 9.26. The SMILES string of the molecule is COC(=O)C(Cc1ccccc1)NC(=O)c1cc(Cl)c(OCCCCO)c(Cl)c1O. The number of esters is 1. The summed E-state index contributed by atoms with van der Waals surface area (Å²) in [5, 5.41) is 21.6. The van der Waals surface area contributed by atoms with Gasteiger partial charge in [0, 0.05) is 13.0 Å². The number of carbonyl (C=O) groups is 2. The predicted octanol–water partition coefficient (Wildman–Crippen LogP) is 3.36. The molecule has 0 aliphatic rings. The summed E-state index contributed by atoms with van der Waals surface area (Å²) < 4.78 is 10.2. The maximum atomic E-state index is 12.7. The number of methoxy groups -OCH3 is 1. The van der Waals surface area contributed by atoms with Gasteiger partial charge in [-0.15, -0.1) is 0 Å². The molecule has 2 rings (SSSR count). The molecule has 1 unspecified atom stereocenters. The predicted molar refractivity (Wildman–Crippen MR) is 113 cm³/mol. The highest BCUT2D eigenvalue weighted by atomic mass is 35.5. The monoisotopic (exact) mass is 455 g/mol. The van der Waals surface area contributed by atoms with Crippen LogP contribution in [-0.4, -0.2) is 48.5 Å². The van der Waals surface area contributed by atoms with Gasteiger partial charge < -0.3 is 25.0 Å². The molecule has 7 nitrogen and oxygen atoms in total. The van der Waals surface area contributed by atoms with Crippen molar-refractivity contribution >= 4 is 35.1 Å². The maximum Gasteiger partial charge on any atom is 0.328 e. The molecule has 2 aromatic rings. The van der Waals surface area contributed by atoms with Crippen LogP contribution in [0, 0.1) is 0 Å². The molecule has 0 aliphatic heterocycles. The number of hydrogen-bond donors (Lipinski definition) is 3. The number of unbranched alkanes of at least 4 members (excludes halogenated alkanes) is 1. The van der Waals surface area contributed by atoms with Gasteiger partial charge in [-0.1, -0.05) is 53.5 Å². The molecule has 0 radical (unpaired) electrons. The normalized spacial score (nSPS) is 11.6. The second-order valence-corrected chi connectivity index (χ2v) is 7.20. The van der Waals surface area contributed by atoms with Crippen molar-refractivity contribution in [2.45, 2.75) is 25.3 Å². The van der Waals surface area contributed by atoms with E-state index in [-0.39, 0.29) is 41.0 Å². The van der Waals surface area contributed by atoms with E-state index in [2.05, 4.69) is 5.32 Å². The Bertz CT molecular complexity index is 876. The van der Waals surface area contributed by atoms with E-state index in [1.165, 1.54) is 13.2 Å². The summed E-state index contributed by atoms with van der Waals surface area (Å²) in [6.07, 6.45) is 1.30. The van der Waals surface area contributed by atoms with Crippen molar-refractivity contribution in [3.05, 3.63) is 57.6 Å². The van der Waals surface area contributed by atoms with Crippen molar-refractivity contribution in [2.75, 3.05) is 20.3 Å². The van der Waals surface area contributed by atoms with Gasteiger partial charge >= 0.3 is 5.97 Å². The van der Waals surface area contributed by atoms with Crippen LogP contribution in [-0.2, 0) is 16.0 Å². The fourth-order valence-corrected chi connectivity index (χ4v) is 3.27. The highest BCUT2D eigenvalue weighted by molar-refractivity contribution is 6.39. The highest BCUT2D eigenvalue weighted by Crippen LogP contribution is 2.42. The van der Waals surface area contributed by atoms with Crippen LogP contribution < -0.4 is 10.1 Å². The van der Waals surface area contributed by atoms with Crippen LogP contribution in [0.1, 0.15) is 28.8 Å². The average Bonchev–Trinajstić information content (AvgIpc) is 2.75. The number of amides is 1. The molecule has 0 heterocycles. The van der Waals surface area contributed by atoms with E-state index < -0.39 is 23.7 Å². The molecular weight excluding hydrogens is 433 g/mol. The molecule has 0 spiro atoms. The smallest absolute Gasteiger partial charge is 0.328 e. The Balaban J connectivity index is 2.20. The molecule has 0 saturated heterocycles. The second-order valence-electron chi connectivity index (χ2n) is 6.42. The van der Waals surface area contributed by atoms with Crippen LogP contribution in [0.3, 0.4) is 0 Å². The lowest BCUT2D eigenvalue weighted by Crippen LogP contribution is -2.43. The minimum absolute atomic E-state index is 0.0273. The largest absolute Gasteiger partial charge is 0.505 e. The number of nitrogens with one attached hydrogen (secondary N) is 1. The van der Waals surface area contributed by atoms with E-state index in [1.54, 1.807) is 0 Å². The van der Waals surface area contributed by atoms with E-state index in [9.17, 15) is 14.7 Å². The lowest BCUT2D eigenvalue weighted by molar-refractivity contribution is -0.142. The van der Waals surface area contributed by atoms with Gasteiger partial charge in [0.1, 0.15) is 11.1 Å². The first kappa shape index (κ1) is 23.8. The quantitative estimate of drug-likeness (QED) is 0.374. The summed E-state index contributed by atoms with van der Waals surface area (Å²) in [5.41, 5.74) is 0.620. The Morgan fingerprint density at radius 3 is 2.50 bits per heavy atom. The second kappa shape index (κ2) is 11.6. The van der Waals surface area contributed by atoms with Gasteiger partial charge in [0.05, 0.1) is 24.3 Å². The number of phenolic OH excluding ortho intramolecular Hbond substituents is 1. The molecule has 1 atom stereocenters. The third-order valence-electron chi connectivity index (χ3n) is 4.27. The van der Waals surface area contributed by atoms with Gasteiger partial charge in [0.2, 0.25) is 0 Å². The van der Waals surface area contributed by atoms with Gasteiger partial charge in [-0.25, -0.2) is 4.79 Å². The van der Waals surface area contributed by atoms with E-state index in [0.717, 1.165) is 5.56 Å². The van der Waals surface area contributed by atoms with E-state index >= 15 is 0 Å². The molecule has 162 valence electrons. The minimum atomic E-state index is -0.976. The maximum absolute atomic E-state index is 12.7. The number of ether oxygens (including phenoxy) is 2. The third-order valence-corrected chi connectivity index (χ3v) is 4.90. The molecule has 9 heteroatoms. The number of aliphatic hydroxyl groups excluding tert-OH is 1. The van der Waals surface area contributed by atoms with Crippen molar-refractivity contribution in [3.63, 3.8) is 0 Å². The van der Waals surface area contributed by atoms with Gasteiger partial charge in [-0.05, 0) is 24.5 Å². The first-order chi connectivity index (χ1) is 14.4. The third kappa shape index (κ3) is 6.26. The van der Waals surface area contributed by atoms with Crippen molar-refractivity contribution in [1.29, 1.82) is 0 Å². The number of aromatic hydroxyl groups is 1. The Kier molecular flexibility index (Phi) is 9.23. The highest BCUT2D eigenvalue weighted by Gasteiger charge is 2.26. The lowest BCUT2D eigenvalue weighted by atomic mass is 10.1. The molecule has 2 aromatic carbocycles. The number of benzene rings is 2. The molecule has 0 aliphatic carbocycles. The van der Waals surface area contributed by atoms with Crippen LogP contribution >= 0.6 is 23.2 Å². The molecule has 0 aromatic heterocycles. The van der Waals surface area contributed by atoms with E-state index in [1.807, 2.05) is 30.3 Å². The molecule has 3 N–H and O–H groups in total. The van der Waals surface area contributed by atoms with Crippen LogP contribution in [0.2, 0.25) is 10.0 Å². The van der Waals surface area contributed by atoms with Gasteiger partial charge in [0.25, 0.3) is 5.91 Å². The molecular formula is C21H23Cl2NO6. The van der Waals surface area contributed by atoms with Crippen LogP contribution in [0.25, 0.3) is 0 Å². The van der Waals surface area contributed by atoms with Crippen molar-refractivity contribution in [1.82, 2.24) is 5.32 Å². The summed E-state index contributed by atoms with van der Waals surface area (Å²) in [6.45, 7) is 0.256. The van der Waals surface area contributed by atoms with Crippen molar-refractivity contribution in [2.24, 2.45) is 0 Å². The van der Waals surface area contributed by atoms with Crippen LogP contribution in [0.15, 0.2) is 36.4 Å². The number of carbonyl (C=O) groups excluding carboxylic acids is 2. The van der Waals surface area contributed by atoms with E-state index in [0.29, 0.717) is 12.8 Å². The molecule has 0 saturated carbocycles. The van der Waals surface area contributed by atoms with Gasteiger partial charge in [0.15, 0.2) is 11.5 Å². The topological polar surface area (TPSA) is 105 Å². The standard InChI is InChI=1S/C21H23Cl2NO6/c1-29-21(28)16(11-13-7-3-2-4-8-13)24-20(27)14-12-15(22)19(17(23)18(14)26)30-10-6-5-9-25/h2-4,7-8,12,16,25-26H,5-6,9-11H2,1H3,(H,24,27). The zero-order chi connectivity index (χ0) is 22.1. The number of halogens is 2. The Hall–Kier alpha value is -2.48. The van der Waals surface area contributed by atoms with Crippen molar-refractivity contribution < 1.29 is 29.3 Å². The molecule has 30 heavy (non-hydrogen) atoms. The number of aliphatic hydroxyl groups is 1. The zero-order valence-corrected chi connectivity index (χ0v) is 17.9. The summed E-state index contributed by atoms with van der Waals surface area (Å²) in [5.74, 6) is -1.85. The zero-order valence-electron chi connectivity index (χ0n) is 16.4. The average molecular weight is 456 g/mol. The molecule has 1 amide bonds. The van der Waals surface area contributed by atoms with Crippen LogP contribution in [0.5, 0.6) is 11.5 Å². The number of hydrogen-bond acceptors (Lipinski definition) is 6. The summed E-state index contributed by atoms with van der Waals surface area (Å²) >= 11 is 12.3.